The van der Waals surface area contributed by atoms with Gasteiger partial charge in [0.25, 0.3) is 5.56 Å². The molecule has 40 heavy (non-hydrogen) atoms. The summed E-state index contributed by atoms with van der Waals surface area (Å²) in [5.41, 5.74) is 2.89. The first-order valence-corrected chi connectivity index (χ1v) is 14.0. The lowest BCUT2D eigenvalue weighted by atomic mass is 9.93. The van der Waals surface area contributed by atoms with Gasteiger partial charge in [0.1, 0.15) is 11.5 Å². The van der Waals surface area contributed by atoms with Crippen molar-refractivity contribution in [2.24, 2.45) is 4.99 Å². The quantitative estimate of drug-likeness (QED) is 0.280. The number of ether oxygens (including phenoxy) is 3. The summed E-state index contributed by atoms with van der Waals surface area (Å²) in [7, 11) is 1.58. The molecule has 1 atom stereocenters. The van der Waals surface area contributed by atoms with Crippen molar-refractivity contribution < 1.29 is 19.0 Å². The predicted molar refractivity (Wildman–Crippen MR) is 156 cm³/mol. The lowest BCUT2D eigenvalue weighted by Gasteiger charge is -2.26. The summed E-state index contributed by atoms with van der Waals surface area (Å²) in [5, 5.41) is 0. The third kappa shape index (κ3) is 5.49. The van der Waals surface area contributed by atoms with E-state index in [4.69, 9.17) is 19.2 Å². The van der Waals surface area contributed by atoms with Crippen molar-refractivity contribution in [3.63, 3.8) is 0 Å². The number of benzene rings is 3. The van der Waals surface area contributed by atoms with Crippen LogP contribution in [0.5, 0.6) is 11.5 Å². The Balaban J connectivity index is 1.74. The van der Waals surface area contributed by atoms with E-state index in [1.54, 1.807) is 18.6 Å². The highest BCUT2D eigenvalue weighted by atomic mass is 32.1. The largest absolute Gasteiger partial charge is 0.497 e. The fraction of sp³-hybridized carbons (Fsp3) is 0.219. The molecule has 3 aromatic carbocycles. The van der Waals surface area contributed by atoms with Gasteiger partial charge < -0.3 is 14.2 Å². The number of carbonyl (C=O) groups excluding carboxylic acids is 1. The van der Waals surface area contributed by atoms with Crippen LogP contribution in [0.15, 0.2) is 94.2 Å². The highest BCUT2D eigenvalue weighted by Crippen LogP contribution is 2.36. The Hall–Kier alpha value is -4.43. The zero-order chi connectivity index (χ0) is 28.1. The molecule has 4 aromatic rings. The van der Waals surface area contributed by atoms with Crippen LogP contribution in [0.3, 0.4) is 0 Å². The van der Waals surface area contributed by atoms with E-state index in [0.717, 1.165) is 28.9 Å². The van der Waals surface area contributed by atoms with Gasteiger partial charge in [-0.2, -0.15) is 0 Å². The number of aromatic nitrogens is 1. The molecule has 0 N–H and O–H groups in total. The van der Waals surface area contributed by atoms with Gasteiger partial charge in [-0.25, -0.2) is 9.79 Å². The molecule has 5 rings (SSSR count). The number of hydrogen-bond acceptors (Lipinski definition) is 7. The van der Waals surface area contributed by atoms with E-state index in [2.05, 4.69) is 6.92 Å². The first-order chi connectivity index (χ1) is 19.5. The average Bonchev–Trinajstić information content (AvgIpc) is 3.30. The van der Waals surface area contributed by atoms with Crippen LogP contribution in [0.1, 0.15) is 43.0 Å². The Bertz CT molecular complexity index is 1720. The maximum Gasteiger partial charge on any atom is 0.338 e. The molecule has 0 bridgehead atoms. The first-order valence-electron chi connectivity index (χ1n) is 13.2. The van der Waals surface area contributed by atoms with Crippen LogP contribution in [0.2, 0.25) is 0 Å². The zero-order valence-corrected chi connectivity index (χ0v) is 23.4. The molecule has 0 unspecified atom stereocenters. The SMILES string of the molecule is CCCOc1ccc(/C=c2\sc3n(c2=O)[C@@H](c2cccc(OC)c2)C(C(=O)OCC)=C(c2ccccc2)N=3)cc1. The number of hydrogen-bond donors (Lipinski definition) is 0. The van der Waals surface area contributed by atoms with Gasteiger partial charge in [-0.3, -0.25) is 9.36 Å². The van der Waals surface area contributed by atoms with Crippen molar-refractivity contribution in [2.45, 2.75) is 26.3 Å². The average molecular weight is 555 g/mol. The molecule has 0 fully saturated rings. The summed E-state index contributed by atoms with van der Waals surface area (Å²) in [6.45, 7) is 4.66. The molecule has 2 heterocycles. The number of methoxy groups -OCH3 is 1. The Kier molecular flexibility index (Phi) is 8.26. The molecule has 1 aromatic heterocycles. The maximum absolute atomic E-state index is 14.0. The lowest BCUT2D eigenvalue weighted by Crippen LogP contribution is -2.40. The van der Waals surface area contributed by atoms with E-state index in [0.29, 0.717) is 33.0 Å². The number of nitrogens with zero attached hydrogens (tertiary/aromatic N) is 2. The second-order valence-corrected chi connectivity index (χ2v) is 10.1. The normalized spacial score (nSPS) is 14.9. The van der Waals surface area contributed by atoms with Crippen molar-refractivity contribution in [3.05, 3.63) is 121 Å². The fourth-order valence-corrected chi connectivity index (χ4v) is 5.60. The van der Waals surface area contributed by atoms with Gasteiger partial charge in [-0.1, -0.05) is 72.9 Å². The smallest absolute Gasteiger partial charge is 0.338 e. The van der Waals surface area contributed by atoms with Crippen LogP contribution >= 0.6 is 11.3 Å². The van der Waals surface area contributed by atoms with Crippen molar-refractivity contribution in [1.82, 2.24) is 4.57 Å². The summed E-state index contributed by atoms with van der Waals surface area (Å²) in [5.74, 6) is 0.881. The van der Waals surface area contributed by atoms with Gasteiger partial charge in [0.2, 0.25) is 0 Å². The standard InChI is InChI=1S/C32H30N2O5S/c1-4-18-39-24-16-14-21(15-17-24)19-26-30(35)34-29(23-12-9-13-25(20-23)37-3)27(31(36)38-5-2)28(33-32(34)40-26)22-10-7-6-8-11-22/h6-17,19-20,29H,4-5,18H2,1-3H3/b26-19-/t29-/m0/s1. The van der Waals surface area contributed by atoms with E-state index >= 15 is 0 Å². The predicted octanol–water partition coefficient (Wildman–Crippen LogP) is 4.73. The van der Waals surface area contributed by atoms with Crippen LogP contribution in [0.4, 0.5) is 0 Å². The number of esters is 1. The Labute approximate surface area is 236 Å². The molecule has 0 spiro atoms. The van der Waals surface area contributed by atoms with Crippen LogP contribution in [-0.2, 0) is 9.53 Å². The maximum atomic E-state index is 14.0. The Morgan fingerprint density at radius 1 is 1.00 bits per heavy atom. The van der Waals surface area contributed by atoms with Crippen LogP contribution in [0.25, 0.3) is 11.8 Å². The van der Waals surface area contributed by atoms with Crippen LogP contribution in [-0.4, -0.2) is 30.9 Å². The minimum absolute atomic E-state index is 0.192. The molecule has 0 amide bonds. The second-order valence-electron chi connectivity index (χ2n) is 9.13. The van der Waals surface area contributed by atoms with E-state index in [9.17, 15) is 9.59 Å². The number of rotatable bonds is 9. The van der Waals surface area contributed by atoms with Gasteiger partial charge in [0.15, 0.2) is 4.80 Å². The Morgan fingerprint density at radius 2 is 1.77 bits per heavy atom. The van der Waals surface area contributed by atoms with E-state index in [1.807, 2.05) is 84.9 Å². The molecule has 1 aliphatic rings. The van der Waals surface area contributed by atoms with E-state index in [1.165, 1.54) is 11.3 Å². The first kappa shape index (κ1) is 27.1. The summed E-state index contributed by atoms with van der Waals surface area (Å²) in [6.07, 6.45) is 2.77. The number of thiazole rings is 1. The van der Waals surface area contributed by atoms with Gasteiger partial charge in [0.05, 0.1) is 42.2 Å². The molecule has 0 saturated carbocycles. The van der Waals surface area contributed by atoms with E-state index < -0.39 is 12.0 Å². The Morgan fingerprint density at radius 3 is 2.48 bits per heavy atom. The molecular formula is C32H30N2O5S. The summed E-state index contributed by atoms with van der Waals surface area (Å²) in [4.78, 5) is 32.9. The van der Waals surface area contributed by atoms with Gasteiger partial charge in [-0.15, -0.1) is 0 Å². The fourth-order valence-electron chi connectivity index (χ4n) is 4.60. The monoisotopic (exact) mass is 554 g/mol. The third-order valence-corrected chi connectivity index (χ3v) is 7.42. The number of carbonyl (C=O) groups is 1. The second kappa shape index (κ2) is 12.2. The van der Waals surface area contributed by atoms with Gasteiger partial charge in [0, 0.05) is 5.56 Å². The highest BCUT2D eigenvalue weighted by Gasteiger charge is 2.35. The summed E-state index contributed by atoms with van der Waals surface area (Å²) >= 11 is 1.29. The lowest BCUT2D eigenvalue weighted by molar-refractivity contribution is -0.138. The highest BCUT2D eigenvalue weighted by molar-refractivity contribution is 7.07. The van der Waals surface area contributed by atoms with Crippen LogP contribution in [0, 0.1) is 0 Å². The van der Waals surface area contributed by atoms with Crippen molar-refractivity contribution in [2.75, 3.05) is 20.3 Å². The van der Waals surface area contributed by atoms with Crippen molar-refractivity contribution in [1.29, 1.82) is 0 Å². The van der Waals surface area contributed by atoms with Crippen molar-refractivity contribution >= 4 is 29.1 Å². The van der Waals surface area contributed by atoms with Gasteiger partial charge in [-0.05, 0) is 54.8 Å². The molecule has 8 heteroatoms. The topological polar surface area (TPSA) is 79.1 Å². The summed E-state index contributed by atoms with van der Waals surface area (Å²) in [6, 6.07) is 23.7. The number of fused-ring (bicyclic) bond motifs is 1. The third-order valence-electron chi connectivity index (χ3n) is 6.43. The van der Waals surface area contributed by atoms with E-state index in [-0.39, 0.29) is 12.2 Å². The van der Waals surface area contributed by atoms with Crippen molar-refractivity contribution in [3.8, 4) is 11.5 Å². The zero-order valence-electron chi connectivity index (χ0n) is 22.6. The minimum atomic E-state index is -0.757. The summed E-state index contributed by atoms with van der Waals surface area (Å²) < 4.78 is 18.8. The molecule has 1 aliphatic heterocycles. The van der Waals surface area contributed by atoms with Crippen LogP contribution < -0.4 is 24.4 Å². The molecule has 0 aliphatic carbocycles. The molecule has 7 nitrogen and oxygen atoms in total. The minimum Gasteiger partial charge on any atom is -0.497 e. The molecular weight excluding hydrogens is 524 g/mol. The molecule has 0 saturated heterocycles. The van der Waals surface area contributed by atoms with Gasteiger partial charge >= 0.3 is 5.97 Å². The molecule has 0 radical (unpaired) electrons. The molecule has 204 valence electrons.